The molecule has 5 heteroatoms. The number of benzene rings is 1. The molecule has 2 aromatic rings. The number of halogens is 1. The van der Waals surface area contributed by atoms with Crippen molar-refractivity contribution in [2.45, 2.75) is 32.9 Å². The van der Waals surface area contributed by atoms with Gasteiger partial charge in [0.2, 0.25) is 5.89 Å². The topological polar surface area (TPSA) is 49.5 Å². The Morgan fingerprint density at radius 3 is 2.76 bits per heavy atom. The van der Waals surface area contributed by atoms with Gasteiger partial charge in [-0.1, -0.05) is 30.7 Å². The Kier molecular flexibility index (Phi) is 5.04. The molecule has 1 aromatic heterocycles. The minimum atomic E-state index is -0.738. The number of hydrogen-bond donors (Lipinski definition) is 1. The van der Waals surface area contributed by atoms with E-state index in [2.05, 4.69) is 9.88 Å². The molecular formula is C16H21ClN2O2. The summed E-state index contributed by atoms with van der Waals surface area (Å²) in [6.07, 6.45) is 1.71. The van der Waals surface area contributed by atoms with Crippen molar-refractivity contribution in [3.63, 3.8) is 0 Å². The van der Waals surface area contributed by atoms with Crippen LogP contribution in [0.2, 0.25) is 5.02 Å². The van der Waals surface area contributed by atoms with Gasteiger partial charge in [0.1, 0.15) is 0 Å². The number of nitrogens with zero attached hydrogens (tertiary/aromatic N) is 2. The van der Waals surface area contributed by atoms with Crippen LogP contribution in [0.1, 0.15) is 26.7 Å². The first-order chi connectivity index (χ1) is 9.87. The van der Waals surface area contributed by atoms with Crippen molar-refractivity contribution in [2.75, 3.05) is 13.1 Å². The summed E-state index contributed by atoms with van der Waals surface area (Å²) in [7, 11) is 0. The Morgan fingerprint density at radius 2 is 2.14 bits per heavy atom. The van der Waals surface area contributed by atoms with Gasteiger partial charge >= 0.3 is 0 Å². The maximum absolute atomic E-state index is 9.90. The van der Waals surface area contributed by atoms with E-state index in [0.717, 1.165) is 12.1 Å². The predicted octanol–water partition coefficient (Wildman–Crippen LogP) is 3.59. The van der Waals surface area contributed by atoms with Gasteiger partial charge in [0.25, 0.3) is 0 Å². The van der Waals surface area contributed by atoms with Crippen molar-refractivity contribution in [3.8, 4) is 11.3 Å². The van der Waals surface area contributed by atoms with E-state index in [1.807, 2.05) is 31.2 Å². The maximum atomic E-state index is 9.90. The van der Waals surface area contributed by atoms with Gasteiger partial charge in [0, 0.05) is 17.1 Å². The summed E-state index contributed by atoms with van der Waals surface area (Å²) in [5.74, 6) is 1.34. The van der Waals surface area contributed by atoms with E-state index >= 15 is 0 Å². The maximum Gasteiger partial charge on any atom is 0.209 e. The van der Waals surface area contributed by atoms with Gasteiger partial charge in [-0.3, -0.25) is 4.90 Å². The third-order valence-corrected chi connectivity index (χ3v) is 3.31. The molecule has 1 aromatic carbocycles. The second-order valence-corrected chi connectivity index (χ2v) is 6.18. The lowest BCUT2D eigenvalue weighted by Gasteiger charge is -2.26. The normalized spacial score (nSPS) is 12.1. The van der Waals surface area contributed by atoms with Gasteiger partial charge in [0.05, 0.1) is 18.3 Å². The second-order valence-electron chi connectivity index (χ2n) is 5.74. The van der Waals surface area contributed by atoms with Crippen LogP contribution < -0.4 is 0 Å². The summed E-state index contributed by atoms with van der Waals surface area (Å²) in [6, 6.07) is 7.49. The first-order valence-electron chi connectivity index (χ1n) is 7.03. The van der Waals surface area contributed by atoms with E-state index in [4.69, 9.17) is 16.0 Å². The molecule has 0 fully saturated rings. The molecule has 0 aliphatic rings. The van der Waals surface area contributed by atoms with Crippen LogP contribution >= 0.6 is 11.6 Å². The van der Waals surface area contributed by atoms with E-state index in [9.17, 15) is 5.11 Å². The Hall–Kier alpha value is -1.36. The molecule has 0 saturated heterocycles. The molecule has 21 heavy (non-hydrogen) atoms. The zero-order valence-corrected chi connectivity index (χ0v) is 13.4. The molecule has 0 aliphatic carbocycles. The average molecular weight is 309 g/mol. The van der Waals surface area contributed by atoms with Crippen LogP contribution in [0, 0.1) is 0 Å². The summed E-state index contributed by atoms with van der Waals surface area (Å²) >= 11 is 5.98. The van der Waals surface area contributed by atoms with Crippen LogP contribution in [0.3, 0.4) is 0 Å². The lowest BCUT2D eigenvalue weighted by molar-refractivity contribution is 0.0329. The van der Waals surface area contributed by atoms with Gasteiger partial charge in [-0.25, -0.2) is 4.98 Å². The van der Waals surface area contributed by atoms with Crippen molar-refractivity contribution in [1.82, 2.24) is 9.88 Å². The molecule has 0 atom stereocenters. The number of oxazole rings is 1. The van der Waals surface area contributed by atoms with Crippen LogP contribution in [-0.4, -0.2) is 33.7 Å². The number of hydrogen-bond acceptors (Lipinski definition) is 4. The molecule has 114 valence electrons. The van der Waals surface area contributed by atoms with Gasteiger partial charge < -0.3 is 9.52 Å². The van der Waals surface area contributed by atoms with Crippen LogP contribution in [-0.2, 0) is 6.54 Å². The zero-order valence-electron chi connectivity index (χ0n) is 12.6. The largest absolute Gasteiger partial charge is 0.439 e. The number of rotatable bonds is 6. The molecule has 1 N–H and O–H groups in total. The van der Waals surface area contributed by atoms with E-state index in [1.165, 1.54) is 0 Å². The lowest BCUT2D eigenvalue weighted by Crippen LogP contribution is -2.38. The fourth-order valence-corrected chi connectivity index (χ4v) is 2.37. The molecule has 0 radical (unpaired) electrons. The Labute approximate surface area is 130 Å². The SMILES string of the molecule is CCN(Cc1ncc(-c2cccc(Cl)c2)o1)CC(C)(C)O. The van der Waals surface area contributed by atoms with E-state index in [0.29, 0.717) is 29.8 Å². The molecular weight excluding hydrogens is 288 g/mol. The third kappa shape index (κ3) is 4.84. The number of aromatic nitrogens is 1. The smallest absolute Gasteiger partial charge is 0.209 e. The molecule has 2 rings (SSSR count). The van der Waals surface area contributed by atoms with Gasteiger partial charge in [-0.05, 0) is 32.5 Å². The highest BCUT2D eigenvalue weighted by atomic mass is 35.5. The summed E-state index contributed by atoms with van der Waals surface area (Å²) in [6.45, 7) is 7.59. The van der Waals surface area contributed by atoms with E-state index in [1.54, 1.807) is 20.0 Å². The van der Waals surface area contributed by atoms with Crippen molar-refractivity contribution in [2.24, 2.45) is 0 Å². The molecule has 1 heterocycles. The van der Waals surface area contributed by atoms with Crippen molar-refractivity contribution < 1.29 is 9.52 Å². The Bertz CT molecular complexity index is 590. The van der Waals surface area contributed by atoms with Crippen LogP contribution in [0.15, 0.2) is 34.9 Å². The Balaban J connectivity index is 2.09. The molecule has 0 aliphatic heterocycles. The fourth-order valence-electron chi connectivity index (χ4n) is 2.18. The number of likely N-dealkylation sites (N-methyl/N-ethyl adjacent to an activating group) is 1. The molecule has 0 bridgehead atoms. The molecule has 0 unspecified atom stereocenters. The van der Waals surface area contributed by atoms with E-state index < -0.39 is 5.60 Å². The van der Waals surface area contributed by atoms with Gasteiger partial charge in [-0.15, -0.1) is 0 Å². The van der Waals surface area contributed by atoms with Crippen LogP contribution in [0.5, 0.6) is 0 Å². The highest BCUT2D eigenvalue weighted by Crippen LogP contribution is 2.24. The Morgan fingerprint density at radius 1 is 1.38 bits per heavy atom. The first kappa shape index (κ1) is 16.0. The van der Waals surface area contributed by atoms with Gasteiger partial charge in [-0.2, -0.15) is 0 Å². The lowest BCUT2D eigenvalue weighted by atomic mass is 10.1. The monoisotopic (exact) mass is 308 g/mol. The quantitative estimate of drug-likeness (QED) is 0.886. The van der Waals surface area contributed by atoms with Crippen LogP contribution in [0.4, 0.5) is 0 Å². The standard InChI is InChI=1S/C16H21ClN2O2/c1-4-19(11-16(2,3)20)10-15-18-9-14(21-15)12-6-5-7-13(17)8-12/h5-9,20H,4,10-11H2,1-3H3. The third-order valence-electron chi connectivity index (χ3n) is 3.08. The molecule has 4 nitrogen and oxygen atoms in total. The highest BCUT2D eigenvalue weighted by Gasteiger charge is 2.19. The molecule has 0 amide bonds. The first-order valence-corrected chi connectivity index (χ1v) is 7.40. The zero-order chi connectivity index (χ0) is 15.5. The van der Waals surface area contributed by atoms with Crippen molar-refractivity contribution in [1.29, 1.82) is 0 Å². The average Bonchev–Trinajstić information content (AvgIpc) is 2.85. The van der Waals surface area contributed by atoms with Crippen molar-refractivity contribution >= 4 is 11.6 Å². The fraction of sp³-hybridized carbons (Fsp3) is 0.438. The van der Waals surface area contributed by atoms with E-state index in [-0.39, 0.29) is 0 Å². The minimum Gasteiger partial charge on any atom is -0.439 e. The summed E-state index contributed by atoms with van der Waals surface area (Å²) in [4.78, 5) is 6.40. The minimum absolute atomic E-state index is 0.568. The summed E-state index contributed by atoms with van der Waals surface area (Å²) in [5, 5.41) is 10.6. The second kappa shape index (κ2) is 6.60. The number of aliphatic hydroxyl groups is 1. The van der Waals surface area contributed by atoms with Crippen LogP contribution in [0.25, 0.3) is 11.3 Å². The molecule has 0 saturated carbocycles. The summed E-state index contributed by atoms with van der Waals surface area (Å²) in [5.41, 5.74) is 0.171. The molecule has 0 spiro atoms. The summed E-state index contributed by atoms with van der Waals surface area (Å²) < 4.78 is 5.78. The predicted molar refractivity (Wildman–Crippen MR) is 84.2 cm³/mol. The van der Waals surface area contributed by atoms with Crippen molar-refractivity contribution in [3.05, 3.63) is 41.4 Å². The highest BCUT2D eigenvalue weighted by molar-refractivity contribution is 6.30. The van der Waals surface area contributed by atoms with Gasteiger partial charge in [0.15, 0.2) is 5.76 Å².